The summed E-state index contributed by atoms with van der Waals surface area (Å²) in [6.07, 6.45) is 7.02. The highest BCUT2D eigenvalue weighted by Crippen LogP contribution is 2.40. The van der Waals surface area contributed by atoms with Crippen molar-refractivity contribution in [3.63, 3.8) is 0 Å². The van der Waals surface area contributed by atoms with Crippen LogP contribution in [0.15, 0.2) is 42.9 Å². The third kappa shape index (κ3) is 3.23. The van der Waals surface area contributed by atoms with Crippen molar-refractivity contribution in [2.45, 2.75) is 25.3 Å². The third-order valence-corrected chi connectivity index (χ3v) is 5.88. The van der Waals surface area contributed by atoms with Gasteiger partial charge in [-0.1, -0.05) is 30.3 Å². The van der Waals surface area contributed by atoms with Gasteiger partial charge in [0.25, 0.3) is 0 Å². The van der Waals surface area contributed by atoms with Crippen LogP contribution in [0.1, 0.15) is 30.0 Å². The van der Waals surface area contributed by atoms with E-state index in [0.717, 1.165) is 56.0 Å². The highest BCUT2D eigenvalue weighted by Gasteiger charge is 2.29. The molecule has 1 aliphatic heterocycles. The molecule has 1 saturated heterocycles. The summed E-state index contributed by atoms with van der Waals surface area (Å²) >= 11 is 0. The van der Waals surface area contributed by atoms with Crippen LogP contribution in [0.5, 0.6) is 0 Å². The second-order valence-electron chi connectivity index (χ2n) is 7.75. The van der Waals surface area contributed by atoms with Crippen LogP contribution in [0.3, 0.4) is 0 Å². The first-order valence-electron chi connectivity index (χ1n) is 10.1. The van der Waals surface area contributed by atoms with E-state index in [0.29, 0.717) is 11.6 Å². The van der Waals surface area contributed by atoms with Crippen molar-refractivity contribution in [3.8, 4) is 6.07 Å². The van der Waals surface area contributed by atoms with Gasteiger partial charge in [-0.25, -0.2) is 9.97 Å². The fourth-order valence-corrected chi connectivity index (χ4v) is 4.14. The Morgan fingerprint density at radius 2 is 1.82 bits per heavy atom. The minimum Gasteiger partial charge on any atom is -0.352 e. The minimum atomic E-state index is 0.501. The van der Waals surface area contributed by atoms with Gasteiger partial charge in [0.15, 0.2) is 5.82 Å². The molecule has 3 aromatic rings. The Morgan fingerprint density at radius 3 is 2.54 bits per heavy atom. The first-order valence-corrected chi connectivity index (χ1v) is 10.1. The maximum absolute atomic E-state index is 9.50. The lowest BCUT2D eigenvalue weighted by Crippen LogP contribution is -2.47. The summed E-state index contributed by atoms with van der Waals surface area (Å²) < 4.78 is 2.24. The van der Waals surface area contributed by atoms with Gasteiger partial charge < -0.3 is 9.47 Å². The topological polar surface area (TPSA) is 61.0 Å². The molecule has 1 aromatic carbocycles. The molecule has 2 fully saturated rings. The molecule has 2 aromatic heterocycles. The molecule has 0 spiro atoms. The molecular formula is C22H24N6. The summed E-state index contributed by atoms with van der Waals surface area (Å²) in [7, 11) is 0. The molecule has 0 bridgehead atoms. The molecular weight excluding hydrogens is 348 g/mol. The maximum Gasteiger partial charge on any atom is 0.156 e. The van der Waals surface area contributed by atoms with Crippen molar-refractivity contribution < 1.29 is 0 Å². The Bertz CT molecular complexity index is 1010. The summed E-state index contributed by atoms with van der Waals surface area (Å²) in [5, 5.41) is 9.50. The van der Waals surface area contributed by atoms with Gasteiger partial charge >= 0.3 is 0 Å². The van der Waals surface area contributed by atoms with Gasteiger partial charge in [0.2, 0.25) is 0 Å². The van der Waals surface area contributed by atoms with Crippen molar-refractivity contribution in [3.05, 3.63) is 54.0 Å². The number of fused-ring (bicyclic) bond motifs is 1. The van der Waals surface area contributed by atoms with Gasteiger partial charge in [-0.2, -0.15) is 5.26 Å². The van der Waals surface area contributed by atoms with Crippen molar-refractivity contribution in [1.29, 1.82) is 5.26 Å². The molecule has 5 rings (SSSR count). The van der Waals surface area contributed by atoms with Crippen LogP contribution in [-0.4, -0.2) is 52.2 Å². The predicted molar refractivity (Wildman–Crippen MR) is 109 cm³/mol. The summed E-state index contributed by atoms with van der Waals surface area (Å²) in [6, 6.07) is 13.5. The smallest absolute Gasteiger partial charge is 0.156 e. The highest BCUT2D eigenvalue weighted by atomic mass is 15.3. The normalized spacial score (nSPS) is 17.8. The lowest BCUT2D eigenvalue weighted by Gasteiger charge is -2.35. The van der Waals surface area contributed by atoms with Crippen molar-refractivity contribution >= 4 is 16.9 Å². The van der Waals surface area contributed by atoms with Crippen molar-refractivity contribution in [1.82, 2.24) is 19.4 Å². The Hall–Kier alpha value is -2.91. The lowest BCUT2D eigenvalue weighted by atomic mass is 10.1. The largest absolute Gasteiger partial charge is 0.352 e. The average molecular weight is 372 g/mol. The summed E-state index contributed by atoms with van der Waals surface area (Å²) in [5.74, 6) is 0.987. The van der Waals surface area contributed by atoms with Crippen LogP contribution in [0.2, 0.25) is 0 Å². The number of hydrogen-bond donors (Lipinski definition) is 0. The van der Waals surface area contributed by atoms with E-state index in [9.17, 15) is 5.26 Å². The summed E-state index contributed by atoms with van der Waals surface area (Å²) in [4.78, 5) is 14.0. The van der Waals surface area contributed by atoms with Crippen LogP contribution < -0.4 is 4.90 Å². The molecule has 3 heterocycles. The van der Waals surface area contributed by atoms with Crippen LogP contribution in [-0.2, 0) is 6.42 Å². The molecule has 0 unspecified atom stereocenters. The van der Waals surface area contributed by atoms with Crippen LogP contribution >= 0.6 is 0 Å². The van der Waals surface area contributed by atoms with E-state index >= 15 is 0 Å². The van der Waals surface area contributed by atoms with E-state index < -0.39 is 0 Å². The average Bonchev–Trinajstić information content (AvgIpc) is 3.53. The van der Waals surface area contributed by atoms with Crippen molar-refractivity contribution in [2.75, 3.05) is 37.6 Å². The summed E-state index contributed by atoms with van der Waals surface area (Å²) in [6.45, 7) is 5.08. The van der Waals surface area contributed by atoms with Crippen LogP contribution in [0.4, 0.5) is 5.82 Å². The number of aromatic nitrogens is 3. The van der Waals surface area contributed by atoms with Gasteiger partial charge in [0.05, 0.1) is 5.56 Å². The van der Waals surface area contributed by atoms with Crippen molar-refractivity contribution in [2.24, 2.45) is 0 Å². The second-order valence-corrected chi connectivity index (χ2v) is 7.75. The van der Waals surface area contributed by atoms with E-state index in [1.54, 1.807) is 6.33 Å². The first kappa shape index (κ1) is 17.2. The SMILES string of the molecule is N#Cc1cn(C2CC2)c2c(N3CCN(CCc4ccccc4)CC3)ncnc12. The standard InChI is InChI=1S/C22H24N6/c23-14-18-15-28(19-6-7-19)21-20(18)24-16-25-22(21)27-12-10-26(11-13-27)9-8-17-4-2-1-3-5-17/h1-5,15-16,19H,6-13H2. The Balaban J connectivity index is 1.32. The minimum absolute atomic E-state index is 0.501. The number of piperazine rings is 1. The number of hydrogen-bond acceptors (Lipinski definition) is 5. The number of rotatable bonds is 5. The first-order chi connectivity index (χ1) is 13.8. The zero-order valence-corrected chi connectivity index (χ0v) is 16.0. The van der Waals surface area contributed by atoms with Gasteiger partial charge in [0, 0.05) is 45.0 Å². The molecule has 0 N–H and O–H groups in total. The van der Waals surface area contributed by atoms with E-state index in [-0.39, 0.29) is 0 Å². The number of anilines is 1. The van der Waals surface area contributed by atoms with E-state index in [1.165, 1.54) is 18.4 Å². The maximum atomic E-state index is 9.50. The Labute approximate surface area is 165 Å². The molecule has 0 atom stereocenters. The van der Waals surface area contributed by atoms with E-state index in [1.807, 2.05) is 6.20 Å². The van der Waals surface area contributed by atoms with E-state index in [2.05, 4.69) is 60.7 Å². The highest BCUT2D eigenvalue weighted by molar-refractivity contribution is 5.91. The number of nitrogens with zero attached hydrogens (tertiary/aromatic N) is 6. The number of nitriles is 1. The quantitative estimate of drug-likeness (QED) is 0.689. The molecule has 0 amide bonds. The summed E-state index contributed by atoms with van der Waals surface area (Å²) in [5.41, 5.74) is 3.89. The Kier molecular flexibility index (Phi) is 4.46. The lowest BCUT2D eigenvalue weighted by molar-refractivity contribution is 0.260. The van der Waals surface area contributed by atoms with Gasteiger partial charge in [0.1, 0.15) is 23.4 Å². The van der Waals surface area contributed by atoms with E-state index in [4.69, 9.17) is 0 Å². The third-order valence-electron chi connectivity index (χ3n) is 5.88. The fraction of sp³-hybridized carbons (Fsp3) is 0.409. The van der Waals surface area contributed by atoms with Gasteiger partial charge in [-0.3, -0.25) is 4.90 Å². The predicted octanol–water partition coefficient (Wildman–Crippen LogP) is 3.00. The molecule has 6 heteroatoms. The molecule has 2 aliphatic rings. The zero-order chi connectivity index (χ0) is 18.9. The molecule has 1 aliphatic carbocycles. The second kappa shape index (κ2) is 7.25. The molecule has 28 heavy (non-hydrogen) atoms. The number of benzene rings is 1. The molecule has 6 nitrogen and oxygen atoms in total. The van der Waals surface area contributed by atoms with Gasteiger partial charge in [-0.15, -0.1) is 0 Å². The zero-order valence-electron chi connectivity index (χ0n) is 16.0. The fourth-order valence-electron chi connectivity index (χ4n) is 4.14. The molecule has 0 radical (unpaired) electrons. The Morgan fingerprint density at radius 1 is 1.04 bits per heavy atom. The molecule has 1 saturated carbocycles. The van der Waals surface area contributed by atoms with Gasteiger partial charge in [-0.05, 0) is 24.8 Å². The van der Waals surface area contributed by atoms with Crippen LogP contribution in [0.25, 0.3) is 11.0 Å². The monoisotopic (exact) mass is 372 g/mol. The van der Waals surface area contributed by atoms with Crippen LogP contribution in [0, 0.1) is 11.3 Å². The molecule has 142 valence electrons.